The predicted molar refractivity (Wildman–Crippen MR) is 170 cm³/mol. The molecule has 2 aromatic carbocycles. The van der Waals surface area contributed by atoms with E-state index >= 15 is 0 Å². The number of aromatic hydroxyl groups is 2. The first-order chi connectivity index (χ1) is 17.5. The second kappa shape index (κ2) is 11.1. The van der Waals surface area contributed by atoms with Gasteiger partial charge in [0.15, 0.2) is 0 Å². The van der Waals surface area contributed by atoms with Crippen LogP contribution in [0.25, 0.3) is 0 Å². The lowest BCUT2D eigenvalue weighted by molar-refractivity contribution is 0.341. The van der Waals surface area contributed by atoms with E-state index in [-0.39, 0.29) is 21.7 Å². The van der Waals surface area contributed by atoms with Crippen LogP contribution >= 0.6 is 0 Å². The van der Waals surface area contributed by atoms with Crippen LogP contribution in [0.2, 0.25) is 0 Å². The Kier molecular flexibility index (Phi) is 9.49. The van der Waals surface area contributed by atoms with Crippen LogP contribution in [0.15, 0.2) is 24.3 Å². The minimum absolute atomic E-state index is 0.0570. The van der Waals surface area contributed by atoms with Gasteiger partial charge >= 0.3 is 0 Å². The van der Waals surface area contributed by atoms with Crippen molar-refractivity contribution in [1.29, 1.82) is 0 Å². The number of phenols is 2. The summed E-state index contributed by atoms with van der Waals surface area (Å²) in [5.41, 5.74) is 5.77. The molecule has 2 nitrogen and oxygen atoms in total. The van der Waals surface area contributed by atoms with Gasteiger partial charge in [0.05, 0.1) is 0 Å². The van der Waals surface area contributed by atoms with Crippen LogP contribution in [0.1, 0.15) is 144 Å². The fraction of sp³-hybridized carbons (Fsp3) is 0.676. The highest BCUT2D eigenvalue weighted by Crippen LogP contribution is 2.46. The highest BCUT2D eigenvalue weighted by Gasteiger charge is 2.35. The molecular formula is C37H60O2. The second-order valence-electron chi connectivity index (χ2n) is 15.7. The van der Waals surface area contributed by atoms with E-state index in [1.165, 1.54) is 11.1 Å². The summed E-state index contributed by atoms with van der Waals surface area (Å²) in [4.78, 5) is 0. The quantitative estimate of drug-likeness (QED) is 0.317. The largest absolute Gasteiger partial charge is 0.507 e. The molecule has 0 aliphatic heterocycles. The van der Waals surface area contributed by atoms with E-state index in [9.17, 15) is 10.2 Å². The maximum Gasteiger partial charge on any atom is 0.122 e. The van der Waals surface area contributed by atoms with Crippen molar-refractivity contribution in [2.45, 2.75) is 139 Å². The highest BCUT2D eigenvalue weighted by atomic mass is 16.3. The van der Waals surface area contributed by atoms with Gasteiger partial charge in [-0.05, 0) is 67.6 Å². The SMILES string of the molecule is CC(C)C(C)(C)c1cc(Cc2cc(C(C)(C)C(C)C)cc(C(C)(C)C(C)C)c2O)c(O)c(C(C)(C)C(C)C)c1. The number of benzene rings is 2. The monoisotopic (exact) mass is 536 g/mol. The summed E-state index contributed by atoms with van der Waals surface area (Å²) in [5.74, 6) is 2.33. The van der Waals surface area contributed by atoms with Crippen LogP contribution in [-0.2, 0) is 28.1 Å². The molecule has 0 fully saturated rings. The summed E-state index contributed by atoms with van der Waals surface area (Å²) < 4.78 is 0. The lowest BCUT2D eigenvalue weighted by Gasteiger charge is -2.37. The summed E-state index contributed by atoms with van der Waals surface area (Å²) in [5, 5.41) is 23.6. The summed E-state index contributed by atoms with van der Waals surface area (Å²) in [6, 6.07) is 8.87. The van der Waals surface area contributed by atoms with Crippen LogP contribution in [0, 0.1) is 23.7 Å². The van der Waals surface area contributed by atoms with Crippen molar-refractivity contribution in [3.8, 4) is 11.5 Å². The molecule has 0 spiro atoms. The van der Waals surface area contributed by atoms with Gasteiger partial charge in [-0.15, -0.1) is 0 Å². The van der Waals surface area contributed by atoms with Crippen LogP contribution in [0.4, 0.5) is 0 Å². The first kappa shape index (κ1) is 33.2. The summed E-state index contributed by atoms with van der Waals surface area (Å²) in [6.45, 7) is 36.1. The van der Waals surface area contributed by atoms with Crippen molar-refractivity contribution in [1.82, 2.24) is 0 Å². The van der Waals surface area contributed by atoms with E-state index in [2.05, 4.69) is 135 Å². The number of phenolic OH excluding ortho intramolecular Hbond substituents is 2. The topological polar surface area (TPSA) is 40.5 Å². The van der Waals surface area contributed by atoms with Crippen LogP contribution in [0.5, 0.6) is 11.5 Å². The van der Waals surface area contributed by atoms with Gasteiger partial charge in [0.25, 0.3) is 0 Å². The fourth-order valence-electron chi connectivity index (χ4n) is 4.88. The molecule has 220 valence electrons. The number of rotatable bonds is 10. The molecule has 2 N–H and O–H groups in total. The first-order valence-electron chi connectivity index (χ1n) is 15.2. The van der Waals surface area contributed by atoms with E-state index in [1.807, 2.05) is 0 Å². The smallest absolute Gasteiger partial charge is 0.122 e. The third-order valence-corrected chi connectivity index (χ3v) is 11.4. The Morgan fingerprint density at radius 2 is 0.718 bits per heavy atom. The van der Waals surface area contributed by atoms with Gasteiger partial charge in [0, 0.05) is 17.5 Å². The van der Waals surface area contributed by atoms with E-state index in [0.29, 0.717) is 41.6 Å². The van der Waals surface area contributed by atoms with Gasteiger partial charge < -0.3 is 10.2 Å². The highest BCUT2D eigenvalue weighted by molar-refractivity contribution is 5.55. The lowest BCUT2D eigenvalue weighted by Crippen LogP contribution is -2.29. The van der Waals surface area contributed by atoms with Crippen molar-refractivity contribution < 1.29 is 10.2 Å². The summed E-state index contributed by atoms with van der Waals surface area (Å²) in [7, 11) is 0. The zero-order valence-corrected chi connectivity index (χ0v) is 28.2. The molecule has 2 rings (SSSR count). The Morgan fingerprint density at radius 3 is 0.949 bits per heavy atom. The third kappa shape index (κ3) is 6.20. The standard InChI is InChI=1S/C37H60O2/c1-22(2)34(9,10)28-18-26(32(38)30(20-28)36(13,14)24(5)6)17-27-19-29(35(11,12)23(3)4)21-31(33(27)39)37(15,16)25(7)8/h18-25,38-39H,17H2,1-16H3. The molecule has 0 amide bonds. The van der Waals surface area contributed by atoms with Gasteiger partial charge in [0.2, 0.25) is 0 Å². The van der Waals surface area contributed by atoms with Crippen molar-refractivity contribution in [3.05, 3.63) is 57.6 Å². The molecule has 0 bridgehead atoms. The molecule has 0 aromatic heterocycles. The van der Waals surface area contributed by atoms with E-state index in [1.54, 1.807) is 0 Å². The molecule has 0 aliphatic carbocycles. The summed E-state index contributed by atoms with van der Waals surface area (Å²) in [6.07, 6.45) is 0.490. The lowest BCUT2D eigenvalue weighted by atomic mass is 9.68. The molecule has 2 aromatic rings. The first-order valence-corrected chi connectivity index (χ1v) is 15.2. The molecule has 0 saturated heterocycles. The Balaban J connectivity index is 2.95. The Bertz CT molecular complexity index is 1060. The van der Waals surface area contributed by atoms with Gasteiger partial charge in [-0.25, -0.2) is 0 Å². The predicted octanol–water partition coefficient (Wildman–Crippen LogP) is 10.4. The normalized spacial score (nSPS) is 13.8. The van der Waals surface area contributed by atoms with Crippen LogP contribution < -0.4 is 0 Å². The third-order valence-electron chi connectivity index (χ3n) is 11.4. The molecule has 0 saturated carbocycles. The molecule has 0 aliphatic rings. The van der Waals surface area contributed by atoms with Crippen molar-refractivity contribution in [3.63, 3.8) is 0 Å². The van der Waals surface area contributed by atoms with E-state index in [0.717, 1.165) is 22.3 Å². The zero-order valence-electron chi connectivity index (χ0n) is 28.2. The number of hydrogen-bond acceptors (Lipinski definition) is 2. The van der Waals surface area contributed by atoms with E-state index < -0.39 is 0 Å². The average Bonchev–Trinajstić information content (AvgIpc) is 2.80. The molecular weight excluding hydrogens is 476 g/mol. The average molecular weight is 537 g/mol. The second-order valence-corrected chi connectivity index (χ2v) is 15.7. The van der Waals surface area contributed by atoms with Crippen molar-refractivity contribution in [2.75, 3.05) is 0 Å². The molecule has 0 atom stereocenters. The van der Waals surface area contributed by atoms with Gasteiger partial charge in [-0.1, -0.05) is 135 Å². The molecule has 0 heterocycles. The van der Waals surface area contributed by atoms with Crippen molar-refractivity contribution in [2.24, 2.45) is 23.7 Å². The molecule has 39 heavy (non-hydrogen) atoms. The minimum atomic E-state index is -0.198. The van der Waals surface area contributed by atoms with Gasteiger partial charge in [-0.2, -0.15) is 0 Å². The summed E-state index contributed by atoms with van der Waals surface area (Å²) >= 11 is 0. The molecule has 2 heteroatoms. The Labute approximate surface area is 241 Å². The Hall–Kier alpha value is -1.96. The Morgan fingerprint density at radius 1 is 0.462 bits per heavy atom. The fourth-order valence-corrected chi connectivity index (χ4v) is 4.88. The van der Waals surface area contributed by atoms with Gasteiger partial charge in [-0.3, -0.25) is 0 Å². The van der Waals surface area contributed by atoms with Crippen LogP contribution in [-0.4, -0.2) is 10.2 Å². The minimum Gasteiger partial charge on any atom is -0.507 e. The molecule has 0 unspecified atom stereocenters. The maximum atomic E-state index is 11.8. The molecule has 0 radical (unpaired) electrons. The van der Waals surface area contributed by atoms with E-state index in [4.69, 9.17) is 0 Å². The maximum absolute atomic E-state index is 11.8. The van der Waals surface area contributed by atoms with Crippen LogP contribution in [0.3, 0.4) is 0 Å². The zero-order chi connectivity index (χ0) is 30.5. The number of hydrogen-bond donors (Lipinski definition) is 2. The van der Waals surface area contributed by atoms with Gasteiger partial charge in [0.1, 0.15) is 11.5 Å². The van der Waals surface area contributed by atoms with Crippen molar-refractivity contribution >= 4 is 0 Å².